The zero-order valence-electron chi connectivity index (χ0n) is 9.72. The highest BCUT2D eigenvalue weighted by molar-refractivity contribution is 5.97. The summed E-state index contributed by atoms with van der Waals surface area (Å²) in [6.07, 6.45) is 3.11. The molecular weight excluding hydrogens is 220 g/mol. The number of likely N-dealkylation sites (tertiary alicyclic amines) is 1. The zero-order valence-corrected chi connectivity index (χ0v) is 9.72. The minimum absolute atomic E-state index is 0.189. The van der Waals surface area contributed by atoms with Crippen LogP contribution in [0.4, 0.5) is 5.69 Å². The molecule has 1 aliphatic rings. The average molecular weight is 236 g/mol. The quantitative estimate of drug-likeness (QED) is 0.738. The van der Waals surface area contributed by atoms with Gasteiger partial charge in [-0.15, -0.1) is 0 Å². The summed E-state index contributed by atoms with van der Waals surface area (Å²) < 4.78 is 1.66. The van der Waals surface area contributed by atoms with E-state index in [9.17, 15) is 9.59 Å². The average Bonchev–Trinajstić information content (AvgIpc) is 2.83. The summed E-state index contributed by atoms with van der Waals surface area (Å²) in [5.41, 5.74) is 11.9. The van der Waals surface area contributed by atoms with Crippen molar-refractivity contribution in [2.75, 3.05) is 12.3 Å². The van der Waals surface area contributed by atoms with Crippen molar-refractivity contribution in [3.8, 4) is 0 Å². The molecule has 1 aromatic heterocycles. The van der Waals surface area contributed by atoms with Crippen molar-refractivity contribution < 1.29 is 9.59 Å². The Morgan fingerprint density at radius 3 is 2.71 bits per heavy atom. The first kappa shape index (κ1) is 11.5. The third kappa shape index (κ3) is 1.98. The molecule has 0 aromatic carbocycles. The number of aromatic nitrogens is 1. The second-order valence-corrected chi connectivity index (χ2v) is 4.33. The Hall–Kier alpha value is -1.98. The van der Waals surface area contributed by atoms with E-state index in [0.29, 0.717) is 24.3 Å². The lowest BCUT2D eigenvalue weighted by Gasteiger charge is -2.22. The Morgan fingerprint density at radius 2 is 2.18 bits per heavy atom. The van der Waals surface area contributed by atoms with E-state index in [-0.39, 0.29) is 5.91 Å². The Labute approximate surface area is 99.2 Å². The Bertz CT molecular complexity index is 466. The molecule has 1 atom stereocenters. The fraction of sp³-hybridized carbons (Fsp3) is 0.455. The summed E-state index contributed by atoms with van der Waals surface area (Å²) in [4.78, 5) is 25.0. The highest BCUT2D eigenvalue weighted by atomic mass is 16.2. The summed E-state index contributed by atoms with van der Waals surface area (Å²) in [6, 6.07) is 1.12. The molecule has 1 unspecified atom stereocenters. The third-order valence-corrected chi connectivity index (χ3v) is 3.09. The zero-order chi connectivity index (χ0) is 12.6. The summed E-state index contributed by atoms with van der Waals surface area (Å²) in [7, 11) is 1.75. The predicted octanol–water partition coefficient (Wildman–Crippen LogP) is -0.303. The SMILES string of the molecule is Cn1cc(N)cc1C(=O)N1CCCC1C(N)=O. The Kier molecular flexibility index (Phi) is 2.79. The van der Waals surface area contributed by atoms with Gasteiger partial charge in [0.1, 0.15) is 11.7 Å². The van der Waals surface area contributed by atoms with Gasteiger partial charge in [0.15, 0.2) is 0 Å². The fourth-order valence-electron chi connectivity index (χ4n) is 2.26. The first-order valence-electron chi connectivity index (χ1n) is 5.53. The van der Waals surface area contributed by atoms with Gasteiger partial charge in [-0.05, 0) is 18.9 Å². The van der Waals surface area contributed by atoms with E-state index in [1.54, 1.807) is 23.9 Å². The molecule has 0 aliphatic carbocycles. The fourth-order valence-corrected chi connectivity index (χ4v) is 2.26. The van der Waals surface area contributed by atoms with Gasteiger partial charge in [0.25, 0.3) is 5.91 Å². The molecule has 6 heteroatoms. The number of hydrogen-bond donors (Lipinski definition) is 2. The van der Waals surface area contributed by atoms with Crippen LogP contribution in [0.25, 0.3) is 0 Å². The maximum absolute atomic E-state index is 12.2. The van der Waals surface area contributed by atoms with Crippen LogP contribution < -0.4 is 11.5 Å². The minimum atomic E-state index is -0.487. The van der Waals surface area contributed by atoms with Crippen LogP contribution in [0.3, 0.4) is 0 Å². The largest absolute Gasteiger partial charge is 0.397 e. The molecule has 0 spiro atoms. The number of rotatable bonds is 2. The van der Waals surface area contributed by atoms with Crippen LogP contribution in [-0.4, -0.2) is 33.9 Å². The molecular formula is C11H16N4O2. The molecule has 1 aromatic rings. The summed E-state index contributed by atoms with van der Waals surface area (Å²) in [5, 5.41) is 0. The number of carbonyl (C=O) groups is 2. The minimum Gasteiger partial charge on any atom is -0.397 e. The van der Waals surface area contributed by atoms with Gasteiger partial charge in [-0.2, -0.15) is 0 Å². The molecule has 2 rings (SSSR count). The molecule has 0 saturated carbocycles. The number of nitrogens with two attached hydrogens (primary N) is 2. The van der Waals surface area contributed by atoms with Gasteiger partial charge >= 0.3 is 0 Å². The van der Waals surface area contributed by atoms with Crippen LogP contribution in [0, 0.1) is 0 Å². The van der Waals surface area contributed by atoms with Gasteiger partial charge in [-0.1, -0.05) is 0 Å². The highest BCUT2D eigenvalue weighted by Crippen LogP contribution is 2.21. The molecule has 0 bridgehead atoms. The third-order valence-electron chi connectivity index (χ3n) is 3.09. The van der Waals surface area contributed by atoms with Crippen LogP contribution in [-0.2, 0) is 11.8 Å². The van der Waals surface area contributed by atoms with Crippen LogP contribution in [0.1, 0.15) is 23.3 Å². The first-order valence-corrected chi connectivity index (χ1v) is 5.53. The van der Waals surface area contributed by atoms with Crippen molar-refractivity contribution in [3.63, 3.8) is 0 Å². The lowest BCUT2D eigenvalue weighted by molar-refractivity contribution is -0.121. The lowest BCUT2D eigenvalue weighted by atomic mass is 10.2. The number of carbonyl (C=O) groups excluding carboxylic acids is 2. The monoisotopic (exact) mass is 236 g/mol. The van der Waals surface area contributed by atoms with E-state index >= 15 is 0 Å². The van der Waals surface area contributed by atoms with Gasteiger partial charge in [-0.3, -0.25) is 9.59 Å². The lowest BCUT2D eigenvalue weighted by Crippen LogP contribution is -2.44. The predicted molar refractivity (Wildman–Crippen MR) is 63.1 cm³/mol. The molecule has 6 nitrogen and oxygen atoms in total. The molecule has 2 amide bonds. The molecule has 0 radical (unpaired) electrons. The molecule has 92 valence electrons. The van der Waals surface area contributed by atoms with Crippen LogP contribution >= 0.6 is 0 Å². The normalized spacial score (nSPS) is 19.6. The number of hydrogen-bond acceptors (Lipinski definition) is 3. The van der Waals surface area contributed by atoms with E-state index in [2.05, 4.69) is 0 Å². The van der Waals surface area contributed by atoms with Crippen LogP contribution in [0.5, 0.6) is 0 Å². The maximum Gasteiger partial charge on any atom is 0.271 e. The van der Waals surface area contributed by atoms with Gasteiger partial charge in [0, 0.05) is 19.8 Å². The van der Waals surface area contributed by atoms with Gasteiger partial charge < -0.3 is 20.9 Å². The first-order chi connectivity index (χ1) is 8.00. The summed E-state index contributed by atoms with van der Waals surface area (Å²) >= 11 is 0. The van der Waals surface area contributed by atoms with Crippen molar-refractivity contribution >= 4 is 17.5 Å². The van der Waals surface area contributed by atoms with E-state index in [1.165, 1.54) is 4.90 Å². The van der Waals surface area contributed by atoms with E-state index in [4.69, 9.17) is 11.5 Å². The number of primary amides is 1. The molecule has 17 heavy (non-hydrogen) atoms. The molecule has 1 fully saturated rings. The van der Waals surface area contributed by atoms with Crippen molar-refractivity contribution in [3.05, 3.63) is 18.0 Å². The van der Waals surface area contributed by atoms with E-state index < -0.39 is 11.9 Å². The highest BCUT2D eigenvalue weighted by Gasteiger charge is 2.34. The number of anilines is 1. The van der Waals surface area contributed by atoms with Gasteiger partial charge in [-0.25, -0.2) is 0 Å². The van der Waals surface area contributed by atoms with E-state index in [1.807, 2.05) is 0 Å². The second-order valence-electron chi connectivity index (χ2n) is 4.33. The topological polar surface area (TPSA) is 94.3 Å². The smallest absolute Gasteiger partial charge is 0.271 e. The van der Waals surface area contributed by atoms with Crippen molar-refractivity contribution in [2.24, 2.45) is 12.8 Å². The van der Waals surface area contributed by atoms with Gasteiger partial charge in [0.2, 0.25) is 5.91 Å². The number of nitrogen functional groups attached to an aromatic ring is 1. The van der Waals surface area contributed by atoms with Crippen LogP contribution in [0.2, 0.25) is 0 Å². The summed E-state index contributed by atoms with van der Waals surface area (Å²) in [6.45, 7) is 0.567. The molecule has 4 N–H and O–H groups in total. The number of amides is 2. The molecule has 2 heterocycles. The standard InChI is InChI=1S/C11H16N4O2/c1-14-6-7(12)5-9(14)11(17)15-4-2-3-8(15)10(13)16/h5-6,8H,2-4,12H2,1H3,(H2,13,16). The van der Waals surface area contributed by atoms with Gasteiger partial charge in [0.05, 0.1) is 5.69 Å². The van der Waals surface area contributed by atoms with Crippen molar-refractivity contribution in [1.29, 1.82) is 0 Å². The number of aryl methyl sites for hydroxylation is 1. The maximum atomic E-state index is 12.2. The van der Waals surface area contributed by atoms with Crippen molar-refractivity contribution in [2.45, 2.75) is 18.9 Å². The second kappa shape index (κ2) is 4.12. The Morgan fingerprint density at radius 1 is 1.47 bits per heavy atom. The molecule has 1 saturated heterocycles. The van der Waals surface area contributed by atoms with Crippen LogP contribution in [0.15, 0.2) is 12.3 Å². The number of nitrogens with zero attached hydrogens (tertiary/aromatic N) is 2. The van der Waals surface area contributed by atoms with E-state index in [0.717, 1.165) is 6.42 Å². The Balaban J connectivity index is 2.25. The molecule has 1 aliphatic heterocycles. The summed E-state index contributed by atoms with van der Waals surface area (Å²) in [5.74, 6) is -0.636. The van der Waals surface area contributed by atoms with Crippen molar-refractivity contribution in [1.82, 2.24) is 9.47 Å².